The highest BCUT2D eigenvalue weighted by Crippen LogP contribution is 2.27. The molecule has 0 unspecified atom stereocenters. The maximum atomic E-state index is 13.4. The summed E-state index contributed by atoms with van der Waals surface area (Å²) in [4.78, 5) is 8.23. The van der Waals surface area contributed by atoms with E-state index in [2.05, 4.69) is 9.98 Å². The number of aromatic nitrogens is 4. The van der Waals surface area contributed by atoms with Crippen molar-refractivity contribution < 1.29 is 27.8 Å². The third kappa shape index (κ3) is 5.17. The maximum Gasteiger partial charge on any atom is 0.292 e. The molecule has 192 valence electrons. The van der Waals surface area contributed by atoms with Gasteiger partial charge in [0.2, 0.25) is 9.84 Å². The number of imidazole rings is 2. The molecule has 0 spiro atoms. The summed E-state index contributed by atoms with van der Waals surface area (Å²) in [6.07, 6.45) is 7.09. The van der Waals surface area contributed by atoms with E-state index in [-0.39, 0.29) is 21.2 Å². The molecule has 0 N–H and O–H groups in total. The lowest BCUT2D eigenvalue weighted by Crippen LogP contribution is -2.40. The van der Waals surface area contributed by atoms with Gasteiger partial charge in [-0.05, 0) is 50.2 Å². The van der Waals surface area contributed by atoms with Gasteiger partial charge >= 0.3 is 0 Å². The zero-order valence-electron chi connectivity index (χ0n) is 21.1. The number of hydrogen-bond acceptors (Lipinski definition) is 6. The molecular formula is C26H28N6O4S. The van der Waals surface area contributed by atoms with Gasteiger partial charge in [0, 0.05) is 0 Å². The number of benzene rings is 2. The normalized spacial score (nSPS) is 12.8. The van der Waals surface area contributed by atoms with E-state index in [0.717, 1.165) is 0 Å². The quantitative estimate of drug-likeness (QED) is 0.193. The Hall–Kier alpha value is -4.25. The van der Waals surface area contributed by atoms with Crippen LogP contribution in [0.25, 0.3) is 0 Å². The van der Waals surface area contributed by atoms with E-state index in [0.29, 0.717) is 24.7 Å². The average molecular weight is 521 g/mol. The summed E-state index contributed by atoms with van der Waals surface area (Å²) < 4.78 is 33.7. The van der Waals surface area contributed by atoms with Gasteiger partial charge in [-0.2, -0.15) is 0 Å². The molecule has 11 heteroatoms. The number of hydrogen-bond donors (Lipinski definition) is 0. The van der Waals surface area contributed by atoms with E-state index >= 15 is 0 Å². The zero-order valence-corrected chi connectivity index (χ0v) is 21.9. The highest BCUT2D eigenvalue weighted by Gasteiger charge is 2.20. The first-order valence-corrected chi connectivity index (χ1v) is 13.2. The molecule has 2 heterocycles. The van der Waals surface area contributed by atoms with Crippen molar-refractivity contribution in [2.45, 2.75) is 36.7 Å². The van der Waals surface area contributed by atoms with Gasteiger partial charge < -0.3 is 10.2 Å². The lowest BCUT2D eigenvalue weighted by atomic mass is 10.3. The number of aliphatic imine (C=N–C) groups is 2. The number of rotatable bonds is 8. The summed E-state index contributed by atoms with van der Waals surface area (Å²) in [7, 11) is -0.472. The fourth-order valence-electron chi connectivity index (χ4n) is 4.02. The van der Waals surface area contributed by atoms with Crippen molar-refractivity contribution in [3.63, 3.8) is 0 Å². The van der Waals surface area contributed by atoms with E-state index in [1.165, 1.54) is 36.4 Å². The summed E-state index contributed by atoms with van der Waals surface area (Å²) in [5.74, 6) is -0.184. The Labute approximate surface area is 215 Å². The van der Waals surface area contributed by atoms with Crippen molar-refractivity contribution in [3.05, 3.63) is 85.0 Å². The van der Waals surface area contributed by atoms with Crippen molar-refractivity contribution in [2.75, 3.05) is 0 Å². The summed E-state index contributed by atoms with van der Waals surface area (Å²) in [6, 6.07) is 11.8. The van der Waals surface area contributed by atoms with Crippen LogP contribution in [0.3, 0.4) is 0 Å². The van der Waals surface area contributed by atoms with Gasteiger partial charge in [0.15, 0.2) is 0 Å². The fraction of sp³-hybridized carbons (Fsp3) is 0.231. The molecule has 10 nitrogen and oxygen atoms in total. The van der Waals surface area contributed by atoms with Crippen LogP contribution in [0.2, 0.25) is 0 Å². The lowest BCUT2D eigenvalue weighted by Gasteiger charge is -2.11. The molecule has 0 atom stereocenters. The highest BCUT2D eigenvalue weighted by atomic mass is 32.2. The molecule has 0 aliphatic carbocycles. The number of sulfone groups is 1. The van der Waals surface area contributed by atoms with Gasteiger partial charge in [0.1, 0.15) is 24.8 Å². The molecule has 0 aliphatic rings. The van der Waals surface area contributed by atoms with Gasteiger partial charge in [0.05, 0.1) is 60.1 Å². The third-order valence-electron chi connectivity index (χ3n) is 5.93. The predicted octanol–water partition coefficient (Wildman–Crippen LogP) is 0.688. The molecule has 0 aliphatic heterocycles. The molecule has 0 bridgehead atoms. The molecule has 2 aromatic heterocycles. The van der Waals surface area contributed by atoms with Crippen LogP contribution in [0.5, 0.6) is 0 Å². The first-order chi connectivity index (χ1) is 17.6. The smallest absolute Gasteiger partial charge is 0.292 e. The monoisotopic (exact) mass is 520 g/mol. The molecule has 37 heavy (non-hydrogen) atoms. The molecule has 0 fully saturated rings. The summed E-state index contributed by atoms with van der Waals surface area (Å²) in [5, 5.41) is 25.6. The van der Waals surface area contributed by atoms with Crippen LogP contribution in [-0.2, 0) is 37.0 Å². The Morgan fingerprint density at radius 1 is 0.784 bits per heavy atom. The van der Waals surface area contributed by atoms with Crippen molar-refractivity contribution in [2.24, 2.45) is 24.1 Å². The van der Waals surface area contributed by atoms with E-state index in [1.54, 1.807) is 69.3 Å². The summed E-state index contributed by atoms with van der Waals surface area (Å²) in [6.45, 7) is 5.02. The van der Waals surface area contributed by atoms with Gasteiger partial charge in [0.25, 0.3) is 11.6 Å². The summed E-state index contributed by atoms with van der Waals surface area (Å²) in [5.41, 5.74) is 0.442. The van der Waals surface area contributed by atoms with Crippen LogP contribution in [0.15, 0.2) is 93.1 Å². The standard InChI is InChI=1S/C26H28N6O4S/c1-5-31-15-13-29(3)25(31)23(33)27-19-9-7-11-21(17-19)37(35,36)22-12-8-10-20(18-22)28-24(34)26-30(4)14-16-32(26)6-2/h7-18H,5-6H2,1-4H3. The molecule has 4 rings (SSSR count). The molecule has 4 aromatic rings. The average Bonchev–Trinajstić information content (AvgIpc) is 3.45. The van der Waals surface area contributed by atoms with Crippen molar-refractivity contribution >= 4 is 33.0 Å². The van der Waals surface area contributed by atoms with Gasteiger partial charge in [-0.25, -0.2) is 26.7 Å². The lowest BCUT2D eigenvalue weighted by molar-refractivity contribution is -0.674. The van der Waals surface area contributed by atoms with Gasteiger partial charge in [-0.1, -0.05) is 12.1 Å². The molecule has 0 amide bonds. The third-order valence-corrected chi connectivity index (χ3v) is 7.68. The Balaban J connectivity index is 1.68. The van der Waals surface area contributed by atoms with E-state index < -0.39 is 21.6 Å². The van der Waals surface area contributed by atoms with Crippen LogP contribution < -0.4 is 19.3 Å². The van der Waals surface area contributed by atoms with E-state index in [9.17, 15) is 18.6 Å². The van der Waals surface area contributed by atoms with Crippen molar-refractivity contribution in [1.82, 2.24) is 9.13 Å². The predicted molar refractivity (Wildman–Crippen MR) is 133 cm³/mol. The first kappa shape index (κ1) is 25.8. The van der Waals surface area contributed by atoms with Crippen LogP contribution in [0.1, 0.15) is 25.5 Å². The second-order valence-corrected chi connectivity index (χ2v) is 10.3. The Morgan fingerprint density at radius 3 is 1.57 bits per heavy atom. The van der Waals surface area contributed by atoms with Crippen LogP contribution in [-0.4, -0.2) is 29.3 Å². The van der Waals surface area contributed by atoms with E-state index in [4.69, 9.17) is 0 Å². The molecule has 0 saturated heterocycles. The minimum absolute atomic E-state index is 0.0217. The molecule has 0 saturated carbocycles. The van der Waals surface area contributed by atoms with Crippen LogP contribution >= 0.6 is 0 Å². The number of aryl methyl sites for hydroxylation is 4. The molecule has 2 aromatic carbocycles. The topological polar surface area (TPSA) is 123 Å². The Bertz CT molecular complexity index is 1500. The minimum Gasteiger partial charge on any atom is -0.853 e. The second kappa shape index (κ2) is 10.4. The van der Waals surface area contributed by atoms with Crippen LogP contribution in [0.4, 0.5) is 11.4 Å². The van der Waals surface area contributed by atoms with E-state index in [1.807, 2.05) is 13.8 Å². The van der Waals surface area contributed by atoms with Gasteiger partial charge in [-0.15, -0.1) is 0 Å². The van der Waals surface area contributed by atoms with Crippen molar-refractivity contribution in [3.8, 4) is 0 Å². The molecule has 0 radical (unpaired) electrons. The SMILES string of the molecule is CCn1cc[n+](C)c1C([O-])=Nc1cccc(S(=O)(=O)c2cccc(N=C([O-])c3n(CC)cc[n+]3C)c2)c1. The first-order valence-electron chi connectivity index (χ1n) is 11.7. The highest BCUT2D eigenvalue weighted by molar-refractivity contribution is 7.91. The summed E-state index contributed by atoms with van der Waals surface area (Å²) >= 11 is 0. The van der Waals surface area contributed by atoms with Gasteiger partial charge in [-0.3, -0.25) is 9.98 Å². The van der Waals surface area contributed by atoms with Crippen LogP contribution in [0, 0.1) is 0 Å². The minimum atomic E-state index is -3.97. The largest absolute Gasteiger partial charge is 0.853 e. The Morgan fingerprint density at radius 2 is 1.19 bits per heavy atom. The maximum absolute atomic E-state index is 13.4. The van der Waals surface area contributed by atoms with Crippen molar-refractivity contribution in [1.29, 1.82) is 0 Å². The number of nitrogens with zero attached hydrogens (tertiary/aromatic N) is 6. The Kier molecular flexibility index (Phi) is 7.25. The zero-order chi connectivity index (χ0) is 26.7. The fourth-order valence-corrected chi connectivity index (χ4v) is 5.36. The molecular weight excluding hydrogens is 492 g/mol. The second-order valence-electron chi connectivity index (χ2n) is 8.37.